The molecule has 0 amide bonds. The highest BCUT2D eigenvalue weighted by Gasteiger charge is 2.34. The van der Waals surface area contributed by atoms with Crippen molar-refractivity contribution in [2.75, 3.05) is 13.7 Å². The number of fused-ring (bicyclic) bond motifs is 1. The number of dihydropyridines is 1. The molecule has 1 atom stereocenters. The summed E-state index contributed by atoms with van der Waals surface area (Å²) in [4.78, 5) is 11.7. The summed E-state index contributed by atoms with van der Waals surface area (Å²) in [6.07, 6.45) is 2.36. The highest BCUT2D eigenvalue weighted by atomic mass is 16.5. The lowest BCUT2D eigenvalue weighted by Crippen LogP contribution is -2.27. The van der Waals surface area contributed by atoms with Crippen molar-refractivity contribution in [1.82, 2.24) is 10.6 Å². The molecule has 1 unspecified atom stereocenters. The predicted octanol–water partition coefficient (Wildman–Crippen LogP) is -0.300. The molecule has 0 radical (unpaired) electrons. The molecule has 0 saturated carbocycles. The molecule has 6 heteroatoms. The van der Waals surface area contributed by atoms with Crippen LogP contribution in [-0.2, 0) is 14.3 Å². The minimum atomic E-state index is -1.06. The number of carbonyl (C=O) groups excluding carboxylic acids is 1. The van der Waals surface area contributed by atoms with Gasteiger partial charge >= 0.3 is 5.97 Å². The van der Waals surface area contributed by atoms with E-state index in [0.29, 0.717) is 17.3 Å². The second-order valence-corrected chi connectivity index (χ2v) is 3.50. The molecule has 0 bridgehead atoms. The lowest BCUT2D eigenvalue weighted by molar-refractivity contribution is -0.139. The average Bonchev–Trinajstić information content (AvgIpc) is 2.64. The number of hydrogen-bond donors (Lipinski definition) is 3. The van der Waals surface area contributed by atoms with E-state index in [9.17, 15) is 9.90 Å². The fraction of sp³-hybridized carbons (Fsp3) is 0.364. The monoisotopic (exact) mass is 238 g/mol. The fourth-order valence-electron chi connectivity index (χ4n) is 1.71. The standard InChI is InChI=1S/C11H14N2O4/c1-3-17-11(15)8-9-6(12-10(8)14)4-5-7(13-9)16-2/h4-5,10,12-14H,3H2,1-2H3. The quantitative estimate of drug-likeness (QED) is 0.586. The van der Waals surface area contributed by atoms with Gasteiger partial charge in [0.2, 0.25) is 0 Å². The average molecular weight is 238 g/mol. The van der Waals surface area contributed by atoms with Crippen molar-refractivity contribution < 1.29 is 19.4 Å². The molecule has 6 nitrogen and oxygen atoms in total. The van der Waals surface area contributed by atoms with E-state index in [-0.39, 0.29) is 12.2 Å². The summed E-state index contributed by atoms with van der Waals surface area (Å²) in [5.41, 5.74) is 1.30. The summed E-state index contributed by atoms with van der Waals surface area (Å²) in [5, 5.41) is 15.4. The first-order valence-electron chi connectivity index (χ1n) is 5.26. The van der Waals surface area contributed by atoms with Crippen molar-refractivity contribution in [2.45, 2.75) is 13.2 Å². The molecule has 3 N–H and O–H groups in total. The molecule has 2 aliphatic heterocycles. The van der Waals surface area contributed by atoms with Crippen molar-refractivity contribution >= 4 is 5.97 Å². The highest BCUT2D eigenvalue weighted by molar-refractivity contribution is 5.92. The second kappa shape index (κ2) is 4.50. The third-order valence-electron chi connectivity index (χ3n) is 2.47. The van der Waals surface area contributed by atoms with Crippen molar-refractivity contribution in [3.63, 3.8) is 0 Å². The number of rotatable bonds is 3. The number of ether oxygens (including phenoxy) is 2. The summed E-state index contributed by atoms with van der Waals surface area (Å²) >= 11 is 0. The molecule has 0 aromatic rings. The van der Waals surface area contributed by atoms with Crippen molar-refractivity contribution in [2.24, 2.45) is 0 Å². The zero-order valence-electron chi connectivity index (χ0n) is 9.61. The molecule has 92 valence electrons. The Bertz CT molecular complexity index is 437. The normalized spacial score (nSPS) is 21.9. The number of methoxy groups -OCH3 is 1. The minimum Gasteiger partial charge on any atom is -0.482 e. The molecule has 2 heterocycles. The minimum absolute atomic E-state index is 0.167. The number of aliphatic hydroxyl groups is 1. The van der Waals surface area contributed by atoms with Crippen LogP contribution in [0.5, 0.6) is 0 Å². The summed E-state index contributed by atoms with van der Waals surface area (Å²) in [6, 6.07) is 0. The van der Waals surface area contributed by atoms with Gasteiger partial charge in [-0.15, -0.1) is 0 Å². The van der Waals surface area contributed by atoms with Gasteiger partial charge in [0.15, 0.2) is 12.1 Å². The number of hydrogen-bond acceptors (Lipinski definition) is 6. The maximum Gasteiger partial charge on any atom is 0.340 e. The molecule has 0 aliphatic carbocycles. The van der Waals surface area contributed by atoms with Gasteiger partial charge in [-0.3, -0.25) is 0 Å². The van der Waals surface area contributed by atoms with Gasteiger partial charge in [0.25, 0.3) is 0 Å². The smallest absolute Gasteiger partial charge is 0.340 e. The Balaban J connectivity index is 2.33. The van der Waals surface area contributed by atoms with Gasteiger partial charge in [-0.05, 0) is 13.0 Å². The number of carbonyl (C=O) groups is 1. The van der Waals surface area contributed by atoms with Crippen LogP contribution in [0.15, 0.2) is 35.0 Å². The van der Waals surface area contributed by atoms with Crippen LogP contribution in [0.25, 0.3) is 0 Å². The van der Waals surface area contributed by atoms with Crippen LogP contribution in [0.4, 0.5) is 0 Å². The maximum atomic E-state index is 11.7. The zero-order chi connectivity index (χ0) is 12.4. The van der Waals surface area contributed by atoms with Crippen molar-refractivity contribution in [1.29, 1.82) is 0 Å². The number of esters is 1. The molecule has 0 aromatic carbocycles. The number of allylic oxidation sites excluding steroid dienone is 2. The zero-order valence-corrected chi connectivity index (χ0v) is 9.61. The Kier molecular flexibility index (Phi) is 3.06. The lowest BCUT2D eigenvalue weighted by Gasteiger charge is -2.15. The van der Waals surface area contributed by atoms with Gasteiger partial charge in [0.1, 0.15) is 5.57 Å². The third kappa shape index (κ3) is 1.99. The van der Waals surface area contributed by atoms with Gasteiger partial charge in [-0.2, -0.15) is 0 Å². The molecule has 0 saturated heterocycles. The van der Waals surface area contributed by atoms with E-state index in [2.05, 4.69) is 10.6 Å². The first kappa shape index (κ1) is 11.5. The predicted molar refractivity (Wildman–Crippen MR) is 59.1 cm³/mol. The molecule has 0 spiro atoms. The summed E-state index contributed by atoms with van der Waals surface area (Å²) in [6.45, 7) is 1.97. The molecule has 2 rings (SSSR count). The topological polar surface area (TPSA) is 79.8 Å². The Morgan fingerprint density at radius 3 is 2.94 bits per heavy atom. The van der Waals surface area contributed by atoms with Gasteiger partial charge in [0.05, 0.1) is 25.1 Å². The van der Waals surface area contributed by atoms with Crippen LogP contribution in [0.3, 0.4) is 0 Å². The number of nitrogens with one attached hydrogen (secondary N) is 2. The fourth-order valence-corrected chi connectivity index (χ4v) is 1.71. The van der Waals surface area contributed by atoms with E-state index in [1.165, 1.54) is 7.11 Å². The Morgan fingerprint density at radius 2 is 2.29 bits per heavy atom. The Morgan fingerprint density at radius 1 is 1.53 bits per heavy atom. The van der Waals surface area contributed by atoms with Crippen LogP contribution in [0.2, 0.25) is 0 Å². The molecule has 17 heavy (non-hydrogen) atoms. The van der Waals surface area contributed by atoms with Gasteiger partial charge in [-0.1, -0.05) is 0 Å². The first-order valence-corrected chi connectivity index (χ1v) is 5.26. The SMILES string of the molecule is CCOC(=O)C1=C2NC(OC)=CC=C2NC1O. The third-order valence-corrected chi connectivity index (χ3v) is 2.47. The van der Waals surface area contributed by atoms with Crippen LogP contribution in [-0.4, -0.2) is 31.0 Å². The summed E-state index contributed by atoms with van der Waals surface area (Å²) < 4.78 is 9.92. The molecular weight excluding hydrogens is 224 g/mol. The van der Waals surface area contributed by atoms with Crippen molar-refractivity contribution in [3.8, 4) is 0 Å². The first-order chi connectivity index (χ1) is 8.17. The van der Waals surface area contributed by atoms with E-state index in [1.54, 1.807) is 19.1 Å². The van der Waals surface area contributed by atoms with Crippen molar-refractivity contribution in [3.05, 3.63) is 35.0 Å². The van der Waals surface area contributed by atoms with Crippen LogP contribution in [0.1, 0.15) is 6.92 Å². The van der Waals surface area contributed by atoms with E-state index in [1.807, 2.05) is 0 Å². The van der Waals surface area contributed by atoms with E-state index in [4.69, 9.17) is 9.47 Å². The van der Waals surface area contributed by atoms with Crippen LogP contribution >= 0.6 is 0 Å². The Labute approximate surface area is 98.6 Å². The van der Waals surface area contributed by atoms with E-state index >= 15 is 0 Å². The van der Waals surface area contributed by atoms with Gasteiger partial charge < -0.3 is 25.2 Å². The molecule has 2 aliphatic rings. The largest absolute Gasteiger partial charge is 0.482 e. The van der Waals surface area contributed by atoms with Gasteiger partial charge in [0, 0.05) is 6.08 Å². The maximum absolute atomic E-state index is 11.7. The van der Waals surface area contributed by atoms with E-state index < -0.39 is 12.2 Å². The summed E-state index contributed by atoms with van der Waals surface area (Å²) in [5.74, 6) is -0.0443. The Hall–Kier alpha value is -1.95. The molecular formula is C11H14N2O4. The van der Waals surface area contributed by atoms with Crippen LogP contribution < -0.4 is 10.6 Å². The molecule has 0 aromatic heterocycles. The van der Waals surface area contributed by atoms with Crippen LogP contribution in [0, 0.1) is 0 Å². The van der Waals surface area contributed by atoms with E-state index in [0.717, 1.165) is 0 Å². The lowest BCUT2D eigenvalue weighted by atomic mass is 10.1. The second-order valence-electron chi connectivity index (χ2n) is 3.50. The summed E-state index contributed by atoms with van der Waals surface area (Å²) in [7, 11) is 1.51. The van der Waals surface area contributed by atoms with Gasteiger partial charge in [-0.25, -0.2) is 4.79 Å². The molecule has 0 fully saturated rings. The highest BCUT2D eigenvalue weighted by Crippen LogP contribution is 2.26. The number of aliphatic hydroxyl groups excluding tert-OH is 1.